The van der Waals surface area contributed by atoms with Gasteiger partial charge in [0.2, 0.25) is 11.8 Å². The minimum Gasteiger partial charge on any atom is -0.325 e. The average molecular weight is 475 g/mol. The first-order valence-corrected chi connectivity index (χ1v) is 12.4. The van der Waals surface area contributed by atoms with E-state index in [-0.39, 0.29) is 34.2 Å². The molecule has 0 aromatic heterocycles. The molecule has 2 saturated carbocycles. The molecule has 7 heteroatoms. The van der Waals surface area contributed by atoms with Crippen LogP contribution in [0.4, 0.5) is 18.9 Å². The van der Waals surface area contributed by atoms with Crippen molar-refractivity contribution in [1.82, 2.24) is 4.90 Å². The molecule has 0 bridgehead atoms. The van der Waals surface area contributed by atoms with E-state index in [1.807, 2.05) is 11.9 Å². The highest BCUT2D eigenvalue weighted by Gasteiger charge is 2.60. The number of alkyl halides is 3. The molecule has 0 radical (unpaired) electrons. The Balaban J connectivity index is 1.39. The summed E-state index contributed by atoms with van der Waals surface area (Å²) in [4.78, 5) is 27.5. The van der Waals surface area contributed by atoms with Gasteiger partial charge in [-0.15, -0.1) is 0 Å². The molecule has 4 nitrogen and oxygen atoms in total. The van der Waals surface area contributed by atoms with E-state index in [0.29, 0.717) is 30.6 Å². The Hall–Kier alpha value is -2.31. The van der Waals surface area contributed by atoms with E-state index in [1.165, 1.54) is 18.2 Å². The number of halogens is 3. The van der Waals surface area contributed by atoms with Crippen LogP contribution in [0.1, 0.15) is 64.4 Å². The molecule has 0 unspecified atom stereocenters. The fourth-order valence-electron chi connectivity index (χ4n) is 8.07. The molecule has 2 amide bonds. The third-order valence-corrected chi connectivity index (χ3v) is 9.82. The summed E-state index contributed by atoms with van der Waals surface area (Å²) in [5.41, 5.74) is -0.0614. The van der Waals surface area contributed by atoms with Gasteiger partial charge >= 0.3 is 6.18 Å². The topological polar surface area (TPSA) is 49.4 Å². The van der Waals surface area contributed by atoms with Crippen molar-refractivity contribution < 1.29 is 22.8 Å². The number of likely N-dealkylation sites (tertiary alicyclic amines) is 1. The summed E-state index contributed by atoms with van der Waals surface area (Å²) in [6.45, 7) is 4.48. The van der Waals surface area contributed by atoms with Crippen molar-refractivity contribution in [3.63, 3.8) is 0 Å². The quantitative estimate of drug-likeness (QED) is 0.551. The van der Waals surface area contributed by atoms with Gasteiger partial charge in [-0.1, -0.05) is 32.1 Å². The van der Waals surface area contributed by atoms with Crippen LogP contribution in [-0.4, -0.2) is 23.8 Å². The standard InChI is InChI=1S/C27H33F3N2O2/c1-25-14-12-18-16(8-11-22-26(18,2)15-13-23(33)32(22)3)17(25)9-10-20(25)24(34)31-21-7-5-4-6-19(21)27(28,29)30/h4-7,11,16-18,20H,8-10,12-15H2,1-3H3,(H,31,34)/t16-,17-,18-,20+,25-,26+/m0/s1. The molecule has 5 rings (SSSR count). The van der Waals surface area contributed by atoms with E-state index in [2.05, 4.69) is 25.2 Å². The van der Waals surface area contributed by atoms with Crippen molar-refractivity contribution in [1.29, 1.82) is 0 Å². The monoisotopic (exact) mass is 474 g/mol. The van der Waals surface area contributed by atoms with Gasteiger partial charge in [-0.05, 0) is 73.8 Å². The summed E-state index contributed by atoms with van der Waals surface area (Å²) in [7, 11) is 1.88. The highest BCUT2D eigenvalue weighted by molar-refractivity contribution is 5.94. The Morgan fingerprint density at radius 3 is 2.56 bits per heavy atom. The fraction of sp³-hybridized carbons (Fsp3) is 0.630. The molecule has 1 aromatic rings. The third-order valence-electron chi connectivity index (χ3n) is 9.82. The molecule has 3 aliphatic carbocycles. The second kappa shape index (κ2) is 7.85. The fourth-order valence-corrected chi connectivity index (χ4v) is 8.07. The molecule has 3 fully saturated rings. The van der Waals surface area contributed by atoms with Crippen LogP contribution in [0.15, 0.2) is 36.0 Å². The number of fused-ring (bicyclic) bond motifs is 5. The largest absolute Gasteiger partial charge is 0.418 e. The molecule has 1 saturated heterocycles. The van der Waals surface area contributed by atoms with Crippen molar-refractivity contribution in [2.45, 2.75) is 65.0 Å². The van der Waals surface area contributed by atoms with E-state index in [1.54, 1.807) is 0 Å². The minimum absolute atomic E-state index is 0.0289. The molecular weight excluding hydrogens is 441 g/mol. The maximum Gasteiger partial charge on any atom is 0.418 e. The smallest absolute Gasteiger partial charge is 0.325 e. The van der Waals surface area contributed by atoms with Crippen LogP contribution < -0.4 is 5.32 Å². The van der Waals surface area contributed by atoms with E-state index in [9.17, 15) is 22.8 Å². The summed E-state index contributed by atoms with van der Waals surface area (Å²) in [6, 6.07) is 5.21. The molecule has 1 heterocycles. The molecule has 6 atom stereocenters. The van der Waals surface area contributed by atoms with Gasteiger partial charge in [0.25, 0.3) is 0 Å². The van der Waals surface area contributed by atoms with Gasteiger partial charge in [0.15, 0.2) is 0 Å². The van der Waals surface area contributed by atoms with Gasteiger partial charge < -0.3 is 10.2 Å². The Morgan fingerprint density at radius 1 is 1.09 bits per heavy atom. The average Bonchev–Trinajstić information content (AvgIpc) is 3.13. The predicted molar refractivity (Wildman–Crippen MR) is 123 cm³/mol. The summed E-state index contributed by atoms with van der Waals surface area (Å²) >= 11 is 0. The van der Waals surface area contributed by atoms with Crippen LogP contribution in [0, 0.1) is 34.5 Å². The van der Waals surface area contributed by atoms with Crippen molar-refractivity contribution in [3.8, 4) is 0 Å². The number of piperidine rings is 1. The number of anilines is 1. The van der Waals surface area contributed by atoms with Crippen LogP contribution in [0.25, 0.3) is 0 Å². The van der Waals surface area contributed by atoms with Crippen molar-refractivity contribution in [2.24, 2.45) is 34.5 Å². The number of para-hydroxylation sites is 1. The number of nitrogens with zero attached hydrogens (tertiary/aromatic N) is 1. The van der Waals surface area contributed by atoms with Crippen molar-refractivity contribution in [2.75, 3.05) is 12.4 Å². The third kappa shape index (κ3) is 3.41. The lowest BCUT2D eigenvalue weighted by molar-refractivity contribution is -0.138. The molecule has 1 aromatic carbocycles. The second-order valence-electron chi connectivity index (χ2n) is 11.3. The number of hydrogen-bond donors (Lipinski definition) is 1. The number of carbonyl (C=O) groups excluding carboxylic acids is 2. The van der Waals surface area contributed by atoms with Crippen LogP contribution in [0.2, 0.25) is 0 Å². The zero-order valence-corrected chi connectivity index (χ0v) is 20.0. The van der Waals surface area contributed by atoms with Gasteiger partial charge in [0, 0.05) is 30.5 Å². The lowest BCUT2D eigenvalue weighted by Crippen LogP contribution is -2.54. The van der Waals surface area contributed by atoms with Crippen LogP contribution in [0.5, 0.6) is 0 Å². The zero-order valence-electron chi connectivity index (χ0n) is 20.0. The number of allylic oxidation sites excluding steroid dienone is 2. The molecule has 0 spiro atoms. The van der Waals surface area contributed by atoms with E-state index in [4.69, 9.17) is 0 Å². The lowest BCUT2D eigenvalue weighted by atomic mass is 9.49. The molecular formula is C27H33F3N2O2. The van der Waals surface area contributed by atoms with Crippen LogP contribution in [-0.2, 0) is 15.8 Å². The molecule has 184 valence electrons. The number of rotatable bonds is 2. The summed E-state index contributed by atoms with van der Waals surface area (Å²) in [5, 5.41) is 2.64. The molecule has 1 N–H and O–H groups in total. The summed E-state index contributed by atoms with van der Waals surface area (Å²) < 4.78 is 40.3. The number of amides is 2. The predicted octanol–water partition coefficient (Wildman–Crippen LogP) is 6.25. The first kappa shape index (κ1) is 23.4. The maximum absolute atomic E-state index is 13.4. The van der Waals surface area contributed by atoms with Gasteiger partial charge in [0.05, 0.1) is 11.3 Å². The summed E-state index contributed by atoms with van der Waals surface area (Å²) in [5.74, 6) is 0.857. The Morgan fingerprint density at radius 2 is 1.82 bits per heavy atom. The Labute approximate surface area is 199 Å². The minimum atomic E-state index is -4.51. The van der Waals surface area contributed by atoms with Crippen LogP contribution >= 0.6 is 0 Å². The van der Waals surface area contributed by atoms with Gasteiger partial charge in [-0.2, -0.15) is 13.2 Å². The van der Waals surface area contributed by atoms with Crippen molar-refractivity contribution >= 4 is 17.5 Å². The van der Waals surface area contributed by atoms with Crippen molar-refractivity contribution in [3.05, 3.63) is 41.6 Å². The normalized spacial score (nSPS) is 37.4. The van der Waals surface area contributed by atoms with Crippen LogP contribution in [0.3, 0.4) is 0 Å². The number of carbonyl (C=O) groups is 2. The Kier molecular flexibility index (Phi) is 5.41. The Bertz CT molecular complexity index is 1050. The highest BCUT2D eigenvalue weighted by Crippen LogP contribution is 2.66. The van der Waals surface area contributed by atoms with E-state index in [0.717, 1.165) is 43.9 Å². The molecule has 34 heavy (non-hydrogen) atoms. The SMILES string of the molecule is CN1C(=O)CC[C@@]2(C)C1=CC[C@H]1[C@@H]3CC[C@H](C(=O)Nc4ccccc4C(F)(F)F)[C@@]3(C)CC[C@@H]12. The number of nitrogens with one attached hydrogen (secondary N) is 1. The molecule has 4 aliphatic rings. The van der Waals surface area contributed by atoms with E-state index >= 15 is 0 Å². The molecule has 1 aliphatic heterocycles. The number of hydrogen-bond acceptors (Lipinski definition) is 2. The first-order valence-electron chi connectivity index (χ1n) is 12.4. The number of benzene rings is 1. The zero-order chi connectivity index (χ0) is 24.5. The van der Waals surface area contributed by atoms with Gasteiger partial charge in [0.1, 0.15) is 0 Å². The van der Waals surface area contributed by atoms with Gasteiger partial charge in [-0.25, -0.2) is 0 Å². The highest BCUT2D eigenvalue weighted by atomic mass is 19.4. The first-order chi connectivity index (χ1) is 16.0. The van der Waals surface area contributed by atoms with Gasteiger partial charge in [-0.3, -0.25) is 9.59 Å². The maximum atomic E-state index is 13.4. The lowest BCUT2D eigenvalue weighted by Gasteiger charge is -2.58. The van der Waals surface area contributed by atoms with E-state index < -0.39 is 11.7 Å². The summed E-state index contributed by atoms with van der Waals surface area (Å²) in [6.07, 6.45) is 3.56. The second-order valence-corrected chi connectivity index (χ2v) is 11.3.